The van der Waals surface area contributed by atoms with Gasteiger partial charge in [0.2, 0.25) is 5.28 Å². The molecule has 0 fully saturated rings. The average molecular weight is 313 g/mol. The minimum atomic E-state index is -0.550. The molecule has 1 amide bonds. The highest BCUT2D eigenvalue weighted by Crippen LogP contribution is 2.16. The molecule has 1 heterocycles. The van der Waals surface area contributed by atoms with Crippen LogP contribution >= 0.6 is 23.2 Å². The summed E-state index contributed by atoms with van der Waals surface area (Å²) >= 11 is 11.3. The minimum absolute atomic E-state index is 0.0870. The van der Waals surface area contributed by atoms with Gasteiger partial charge in [-0.1, -0.05) is 11.6 Å². The van der Waals surface area contributed by atoms with Crippen LogP contribution in [0.2, 0.25) is 10.4 Å². The average Bonchev–Trinajstić information content (AvgIpc) is 2.37. The van der Waals surface area contributed by atoms with Gasteiger partial charge in [0.1, 0.15) is 11.0 Å². The number of benzene rings is 1. The summed E-state index contributed by atoms with van der Waals surface area (Å²) in [7, 11) is 0. The fourth-order valence-electron chi connectivity index (χ4n) is 1.38. The van der Waals surface area contributed by atoms with Crippen molar-refractivity contribution in [2.24, 2.45) is 0 Å². The number of amides is 1. The summed E-state index contributed by atoms with van der Waals surface area (Å²) in [5.74, 6) is -0.357. The first kappa shape index (κ1) is 14.2. The van der Waals surface area contributed by atoms with Crippen LogP contribution in [0.3, 0.4) is 0 Å². The van der Waals surface area contributed by atoms with Gasteiger partial charge < -0.3 is 5.32 Å². The maximum Gasteiger partial charge on any atom is 0.269 e. The molecule has 9 heteroatoms. The van der Waals surface area contributed by atoms with Gasteiger partial charge in [-0.25, -0.2) is 9.97 Å². The minimum Gasteiger partial charge on any atom is -0.306 e. The number of carbonyl (C=O) groups excluding carboxylic acids is 1. The van der Waals surface area contributed by atoms with Crippen molar-refractivity contribution >= 4 is 40.6 Å². The zero-order valence-electron chi connectivity index (χ0n) is 9.71. The van der Waals surface area contributed by atoms with Gasteiger partial charge in [0.25, 0.3) is 11.6 Å². The predicted octanol–water partition coefficient (Wildman–Crippen LogP) is 2.94. The van der Waals surface area contributed by atoms with E-state index in [-0.39, 0.29) is 27.5 Å². The number of non-ortho nitro benzene ring substituents is 1. The van der Waals surface area contributed by atoms with Crippen LogP contribution in [0.1, 0.15) is 10.4 Å². The molecular formula is C11H6Cl2N4O3. The Kier molecular flexibility index (Phi) is 4.11. The van der Waals surface area contributed by atoms with E-state index in [1.54, 1.807) is 0 Å². The van der Waals surface area contributed by atoms with Gasteiger partial charge in [-0.05, 0) is 23.7 Å². The van der Waals surface area contributed by atoms with E-state index in [1.165, 1.54) is 30.3 Å². The third-order valence-electron chi connectivity index (χ3n) is 2.25. The number of aromatic nitrogens is 2. The number of hydrogen-bond acceptors (Lipinski definition) is 5. The van der Waals surface area contributed by atoms with Crippen LogP contribution in [0.15, 0.2) is 30.3 Å². The monoisotopic (exact) mass is 312 g/mol. The third-order valence-corrected chi connectivity index (χ3v) is 2.61. The lowest BCUT2D eigenvalue weighted by Crippen LogP contribution is -2.13. The SMILES string of the molecule is O=C(Nc1cc(Cl)nc(Cl)n1)c1ccc([N+](=O)[O-])cc1. The molecule has 0 radical (unpaired) electrons. The van der Waals surface area contributed by atoms with E-state index in [2.05, 4.69) is 15.3 Å². The first-order valence-corrected chi connectivity index (χ1v) is 5.97. The molecular weight excluding hydrogens is 307 g/mol. The van der Waals surface area contributed by atoms with E-state index in [9.17, 15) is 14.9 Å². The van der Waals surface area contributed by atoms with Crippen LogP contribution < -0.4 is 5.32 Å². The Morgan fingerprint density at radius 2 is 1.85 bits per heavy atom. The molecule has 0 saturated heterocycles. The summed E-state index contributed by atoms with van der Waals surface area (Å²) < 4.78 is 0. The normalized spacial score (nSPS) is 10.1. The maximum atomic E-state index is 11.9. The standard InChI is InChI=1S/C11H6Cl2N4O3/c12-8-5-9(16-11(13)14-8)15-10(18)6-1-3-7(4-2-6)17(19)20/h1-5H,(H,14,15,16,18). The molecule has 2 rings (SSSR count). The first-order chi connectivity index (χ1) is 9.45. The van der Waals surface area contributed by atoms with Crippen molar-refractivity contribution in [3.63, 3.8) is 0 Å². The predicted molar refractivity (Wildman–Crippen MR) is 73.1 cm³/mol. The van der Waals surface area contributed by atoms with E-state index in [0.29, 0.717) is 0 Å². The molecule has 1 N–H and O–H groups in total. The molecule has 2 aromatic rings. The van der Waals surface area contributed by atoms with Gasteiger partial charge in [0.05, 0.1) is 4.92 Å². The molecule has 0 atom stereocenters. The number of rotatable bonds is 3. The summed E-state index contributed by atoms with van der Waals surface area (Å²) in [6.07, 6.45) is 0. The van der Waals surface area contributed by atoms with Crippen LogP contribution in [0.25, 0.3) is 0 Å². The molecule has 20 heavy (non-hydrogen) atoms. The number of anilines is 1. The Morgan fingerprint density at radius 1 is 1.20 bits per heavy atom. The molecule has 0 spiro atoms. The van der Waals surface area contributed by atoms with E-state index >= 15 is 0 Å². The maximum absolute atomic E-state index is 11.9. The number of carbonyl (C=O) groups is 1. The molecule has 7 nitrogen and oxygen atoms in total. The lowest BCUT2D eigenvalue weighted by Gasteiger charge is -2.04. The smallest absolute Gasteiger partial charge is 0.269 e. The van der Waals surface area contributed by atoms with Crippen molar-refractivity contribution in [3.8, 4) is 0 Å². The Bertz CT molecular complexity index is 656. The molecule has 102 valence electrons. The highest BCUT2D eigenvalue weighted by Gasteiger charge is 2.11. The van der Waals surface area contributed by atoms with Gasteiger partial charge >= 0.3 is 0 Å². The van der Waals surface area contributed by atoms with E-state index in [0.717, 1.165) is 0 Å². The summed E-state index contributed by atoms with van der Waals surface area (Å²) in [4.78, 5) is 29.3. The van der Waals surface area contributed by atoms with Gasteiger partial charge in [-0.3, -0.25) is 14.9 Å². The number of nitrogens with zero attached hydrogens (tertiary/aromatic N) is 3. The topological polar surface area (TPSA) is 98.0 Å². The second-order valence-electron chi connectivity index (χ2n) is 3.60. The number of nitro groups is 1. The lowest BCUT2D eigenvalue weighted by atomic mass is 10.2. The fraction of sp³-hybridized carbons (Fsp3) is 0. The number of halogens is 2. The van der Waals surface area contributed by atoms with Gasteiger partial charge in [-0.15, -0.1) is 0 Å². The van der Waals surface area contributed by atoms with Crippen LogP contribution in [0, 0.1) is 10.1 Å². The molecule has 0 aliphatic heterocycles. The van der Waals surface area contributed by atoms with Crippen molar-refractivity contribution < 1.29 is 9.72 Å². The molecule has 0 aliphatic rings. The number of nitro benzene ring substituents is 1. The van der Waals surface area contributed by atoms with E-state index < -0.39 is 10.8 Å². The summed E-state index contributed by atoms with van der Waals surface area (Å²) in [6.45, 7) is 0. The van der Waals surface area contributed by atoms with Gasteiger partial charge in [0, 0.05) is 23.8 Å². The van der Waals surface area contributed by atoms with Crippen LogP contribution in [-0.2, 0) is 0 Å². The highest BCUT2D eigenvalue weighted by atomic mass is 35.5. The largest absolute Gasteiger partial charge is 0.306 e. The van der Waals surface area contributed by atoms with Gasteiger partial charge in [-0.2, -0.15) is 0 Å². The van der Waals surface area contributed by atoms with Crippen LogP contribution in [0.5, 0.6) is 0 Å². The Labute approximate surface area is 122 Å². The molecule has 0 saturated carbocycles. The third kappa shape index (κ3) is 3.40. The highest BCUT2D eigenvalue weighted by molar-refractivity contribution is 6.32. The summed E-state index contributed by atoms with van der Waals surface area (Å²) in [5.41, 5.74) is 0.135. The van der Waals surface area contributed by atoms with Crippen molar-refractivity contribution in [2.45, 2.75) is 0 Å². The van der Waals surface area contributed by atoms with Crippen LogP contribution in [0.4, 0.5) is 11.5 Å². The quantitative estimate of drug-likeness (QED) is 0.406. The molecule has 0 aliphatic carbocycles. The van der Waals surface area contributed by atoms with Gasteiger partial charge in [0.15, 0.2) is 0 Å². The van der Waals surface area contributed by atoms with E-state index in [1.807, 2.05) is 0 Å². The molecule has 0 unspecified atom stereocenters. The Hall–Kier alpha value is -2.25. The Balaban J connectivity index is 2.17. The van der Waals surface area contributed by atoms with Crippen molar-refractivity contribution in [3.05, 3.63) is 56.4 Å². The molecule has 1 aromatic carbocycles. The molecule has 0 bridgehead atoms. The van der Waals surface area contributed by atoms with Crippen molar-refractivity contribution in [1.82, 2.24) is 9.97 Å². The van der Waals surface area contributed by atoms with Crippen molar-refractivity contribution in [1.29, 1.82) is 0 Å². The zero-order valence-corrected chi connectivity index (χ0v) is 11.2. The second kappa shape index (κ2) is 5.81. The Morgan fingerprint density at radius 3 is 2.40 bits per heavy atom. The zero-order chi connectivity index (χ0) is 14.7. The fourth-order valence-corrected chi connectivity index (χ4v) is 1.79. The molecule has 1 aromatic heterocycles. The van der Waals surface area contributed by atoms with Crippen LogP contribution in [-0.4, -0.2) is 20.8 Å². The number of hydrogen-bond donors (Lipinski definition) is 1. The lowest BCUT2D eigenvalue weighted by molar-refractivity contribution is -0.384. The summed E-state index contributed by atoms with van der Waals surface area (Å²) in [5, 5.41) is 13.0. The second-order valence-corrected chi connectivity index (χ2v) is 4.33. The first-order valence-electron chi connectivity index (χ1n) is 5.21. The van der Waals surface area contributed by atoms with Crippen molar-refractivity contribution in [2.75, 3.05) is 5.32 Å². The summed E-state index contributed by atoms with van der Waals surface area (Å²) in [6, 6.07) is 6.45. The number of nitrogens with one attached hydrogen (secondary N) is 1. The van der Waals surface area contributed by atoms with E-state index in [4.69, 9.17) is 23.2 Å².